The maximum absolute atomic E-state index is 6.84. The van der Waals surface area contributed by atoms with Crippen molar-refractivity contribution in [2.24, 2.45) is 0 Å². The van der Waals surface area contributed by atoms with Crippen molar-refractivity contribution in [3.63, 3.8) is 0 Å². The monoisotopic (exact) mass is 184 g/mol. The van der Waals surface area contributed by atoms with Crippen molar-refractivity contribution in [2.75, 3.05) is 0 Å². The van der Waals surface area contributed by atoms with Gasteiger partial charge in [0, 0.05) is 11.1 Å². The van der Waals surface area contributed by atoms with Gasteiger partial charge in [0.2, 0.25) is 12.4 Å². The van der Waals surface area contributed by atoms with Gasteiger partial charge in [0.05, 0.1) is 6.20 Å². The Labute approximate surface area is 81.8 Å². The van der Waals surface area contributed by atoms with Crippen LogP contribution in [0.3, 0.4) is 0 Å². The molecule has 0 fully saturated rings. The fraction of sp³-hybridized carbons (Fsp3) is 0.0909. The van der Waals surface area contributed by atoms with Crippen molar-refractivity contribution in [1.29, 1.82) is 0 Å². The normalized spacial score (nSPS) is 9.64. The summed E-state index contributed by atoms with van der Waals surface area (Å²) in [5.74, 6) is 0.573. The van der Waals surface area contributed by atoms with Crippen LogP contribution in [-0.4, -0.2) is 4.98 Å². The molecule has 0 saturated heterocycles. The molecule has 0 unspecified atom stereocenters. The predicted octanol–water partition coefficient (Wildman–Crippen LogP) is 2.76. The first kappa shape index (κ1) is 8.52. The van der Waals surface area contributed by atoms with Crippen molar-refractivity contribution in [3.05, 3.63) is 53.7 Å². The molecular formula is C11H8N2O. The van der Waals surface area contributed by atoms with Crippen LogP contribution in [0.15, 0.2) is 41.1 Å². The van der Waals surface area contributed by atoms with E-state index in [0.29, 0.717) is 12.4 Å². The first-order chi connectivity index (χ1) is 6.92. The fourth-order valence-corrected chi connectivity index (χ4v) is 1.31. The van der Waals surface area contributed by atoms with Crippen molar-refractivity contribution < 1.29 is 4.42 Å². The molecule has 1 aromatic carbocycles. The van der Waals surface area contributed by atoms with Gasteiger partial charge in [0.15, 0.2) is 0 Å². The van der Waals surface area contributed by atoms with E-state index >= 15 is 0 Å². The van der Waals surface area contributed by atoms with Gasteiger partial charge >= 0.3 is 0 Å². The lowest BCUT2D eigenvalue weighted by Crippen LogP contribution is -1.86. The Morgan fingerprint density at radius 2 is 2.21 bits per heavy atom. The van der Waals surface area contributed by atoms with Crippen LogP contribution in [-0.2, 0) is 6.54 Å². The summed E-state index contributed by atoms with van der Waals surface area (Å²) in [6.45, 7) is 7.20. The molecule has 14 heavy (non-hydrogen) atoms. The van der Waals surface area contributed by atoms with Gasteiger partial charge < -0.3 is 9.26 Å². The van der Waals surface area contributed by atoms with E-state index in [2.05, 4.69) is 9.83 Å². The van der Waals surface area contributed by atoms with Gasteiger partial charge in [-0.1, -0.05) is 18.2 Å². The molecule has 68 valence electrons. The molecule has 2 rings (SSSR count). The molecule has 1 heterocycles. The number of oxazole rings is 1. The summed E-state index contributed by atoms with van der Waals surface area (Å²) in [6, 6.07) is 7.64. The Morgan fingerprint density at radius 3 is 2.93 bits per heavy atom. The van der Waals surface area contributed by atoms with Gasteiger partial charge in [0.1, 0.15) is 6.26 Å². The van der Waals surface area contributed by atoms with Crippen LogP contribution < -0.4 is 0 Å². The van der Waals surface area contributed by atoms with E-state index in [4.69, 9.17) is 11.0 Å². The first-order valence-electron chi connectivity index (χ1n) is 4.23. The van der Waals surface area contributed by atoms with E-state index in [0.717, 1.165) is 11.1 Å². The third-order valence-corrected chi connectivity index (χ3v) is 1.93. The number of rotatable bonds is 2. The zero-order chi connectivity index (χ0) is 9.80. The second kappa shape index (κ2) is 3.75. The Kier molecular flexibility index (Phi) is 2.28. The van der Waals surface area contributed by atoms with Crippen LogP contribution in [0.5, 0.6) is 0 Å². The molecule has 0 aliphatic rings. The minimum atomic E-state index is 0.360. The third kappa shape index (κ3) is 1.50. The highest BCUT2D eigenvalue weighted by Crippen LogP contribution is 2.22. The van der Waals surface area contributed by atoms with E-state index in [9.17, 15) is 0 Å². The SMILES string of the molecule is [C-]#[N+]Cc1ccccc1-c1ncco1. The standard InChI is InChI=1S/C11H8N2O/c1-12-8-9-4-2-3-5-10(9)11-13-6-7-14-11/h2-7H,8H2. The van der Waals surface area contributed by atoms with E-state index in [1.54, 1.807) is 6.20 Å². The fourth-order valence-electron chi connectivity index (χ4n) is 1.31. The highest BCUT2D eigenvalue weighted by atomic mass is 16.3. The van der Waals surface area contributed by atoms with Crippen molar-refractivity contribution in [3.8, 4) is 11.5 Å². The summed E-state index contributed by atoms with van der Waals surface area (Å²) < 4.78 is 5.19. The molecule has 3 nitrogen and oxygen atoms in total. The van der Waals surface area contributed by atoms with E-state index in [1.807, 2.05) is 24.3 Å². The summed E-state index contributed by atoms with van der Waals surface area (Å²) in [4.78, 5) is 7.42. The number of hydrogen-bond acceptors (Lipinski definition) is 2. The largest absolute Gasteiger partial charge is 0.445 e. The Morgan fingerprint density at radius 1 is 1.36 bits per heavy atom. The number of aromatic nitrogens is 1. The summed E-state index contributed by atoms with van der Waals surface area (Å²) in [5.41, 5.74) is 1.85. The van der Waals surface area contributed by atoms with Gasteiger partial charge in [-0.3, -0.25) is 0 Å². The van der Waals surface area contributed by atoms with Crippen LogP contribution in [0.2, 0.25) is 0 Å². The molecule has 0 N–H and O–H groups in total. The molecule has 1 aromatic heterocycles. The van der Waals surface area contributed by atoms with E-state index in [-0.39, 0.29) is 0 Å². The zero-order valence-corrected chi connectivity index (χ0v) is 7.47. The molecule has 2 aromatic rings. The molecule has 0 aliphatic heterocycles. The topological polar surface area (TPSA) is 30.4 Å². The smallest absolute Gasteiger partial charge is 0.240 e. The molecular weight excluding hydrogens is 176 g/mol. The van der Waals surface area contributed by atoms with Crippen molar-refractivity contribution >= 4 is 0 Å². The van der Waals surface area contributed by atoms with Crippen LogP contribution in [0.25, 0.3) is 16.3 Å². The molecule has 0 saturated carbocycles. The average molecular weight is 184 g/mol. The second-order valence-corrected chi connectivity index (χ2v) is 2.81. The number of hydrogen-bond donors (Lipinski definition) is 0. The summed E-state index contributed by atoms with van der Waals surface area (Å²) in [7, 11) is 0. The summed E-state index contributed by atoms with van der Waals surface area (Å²) >= 11 is 0. The lowest BCUT2D eigenvalue weighted by molar-refractivity contribution is 0.574. The highest BCUT2D eigenvalue weighted by Gasteiger charge is 2.09. The maximum atomic E-state index is 6.84. The summed E-state index contributed by atoms with van der Waals surface area (Å²) in [6.07, 6.45) is 3.13. The van der Waals surface area contributed by atoms with Crippen LogP contribution in [0, 0.1) is 6.57 Å². The molecule has 0 spiro atoms. The first-order valence-corrected chi connectivity index (χ1v) is 4.23. The van der Waals surface area contributed by atoms with E-state index < -0.39 is 0 Å². The second-order valence-electron chi connectivity index (χ2n) is 2.81. The quantitative estimate of drug-likeness (QED) is 0.672. The van der Waals surface area contributed by atoms with Crippen LogP contribution in [0.4, 0.5) is 0 Å². The Hall–Kier alpha value is -2.08. The Balaban J connectivity index is 2.48. The molecule has 0 atom stereocenters. The van der Waals surface area contributed by atoms with Gasteiger partial charge in [0.25, 0.3) is 0 Å². The predicted molar refractivity (Wildman–Crippen MR) is 52.2 cm³/mol. The zero-order valence-electron chi connectivity index (χ0n) is 7.47. The number of benzene rings is 1. The summed E-state index contributed by atoms with van der Waals surface area (Å²) in [5, 5.41) is 0. The highest BCUT2D eigenvalue weighted by molar-refractivity contribution is 5.58. The van der Waals surface area contributed by atoms with Crippen LogP contribution in [0.1, 0.15) is 5.56 Å². The molecule has 0 aliphatic carbocycles. The van der Waals surface area contributed by atoms with Gasteiger partial charge in [-0.2, -0.15) is 0 Å². The molecule has 0 radical (unpaired) electrons. The lowest BCUT2D eigenvalue weighted by atomic mass is 10.1. The number of nitrogens with zero attached hydrogens (tertiary/aromatic N) is 2. The third-order valence-electron chi connectivity index (χ3n) is 1.93. The van der Waals surface area contributed by atoms with Crippen LogP contribution >= 0.6 is 0 Å². The minimum Gasteiger partial charge on any atom is -0.445 e. The molecule has 3 heteroatoms. The van der Waals surface area contributed by atoms with Gasteiger partial charge in [-0.25, -0.2) is 11.6 Å². The molecule has 0 bridgehead atoms. The minimum absolute atomic E-state index is 0.360. The van der Waals surface area contributed by atoms with Gasteiger partial charge in [-0.05, 0) is 6.07 Å². The lowest BCUT2D eigenvalue weighted by Gasteiger charge is -1.99. The van der Waals surface area contributed by atoms with Crippen molar-refractivity contribution in [2.45, 2.75) is 6.54 Å². The van der Waals surface area contributed by atoms with E-state index in [1.165, 1.54) is 6.26 Å². The maximum Gasteiger partial charge on any atom is 0.240 e. The van der Waals surface area contributed by atoms with Gasteiger partial charge in [-0.15, -0.1) is 0 Å². The van der Waals surface area contributed by atoms with Crippen molar-refractivity contribution in [1.82, 2.24) is 4.98 Å². The Bertz CT molecular complexity index is 454. The molecule has 0 amide bonds. The average Bonchev–Trinajstić information content (AvgIpc) is 2.72.